The zero-order valence-electron chi connectivity index (χ0n) is 28.4. The Labute approximate surface area is 291 Å². The van der Waals surface area contributed by atoms with Gasteiger partial charge in [-0.1, -0.05) is 24.3 Å². The summed E-state index contributed by atoms with van der Waals surface area (Å²) in [4.78, 5) is 34.4. The molecule has 260 valence electrons. The number of nitrogens with zero attached hydrogens (tertiary/aromatic N) is 6. The van der Waals surface area contributed by atoms with Crippen LogP contribution in [0.5, 0.6) is 11.5 Å². The van der Waals surface area contributed by atoms with Gasteiger partial charge in [0, 0.05) is 48.9 Å². The number of fused-ring (bicyclic) bond motifs is 1. The van der Waals surface area contributed by atoms with Gasteiger partial charge in [-0.3, -0.25) is 14.9 Å². The van der Waals surface area contributed by atoms with Crippen LogP contribution in [0.1, 0.15) is 75.8 Å². The van der Waals surface area contributed by atoms with Gasteiger partial charge in [0.2, 0.25) is 5.91 Å². The van der Waals surface area contributed by atoms with Crippen molar-refractivity contribution in [1.82, 2.24) is 30.0 Å². The number of nitrogens with two attached hydrogens (primary N) is 1. The molecule has 8 rings (SSSR count). The van der Waals surface area contributed by atoms with Crippen LogP contribution in [0.25, 0.3) is 22.5 Å². The number of hydrogen-bond donors (Lipinski definition) is 3. The number of aromatic hydroxyl groups is 1. The molecular weight excluding hydrogens is 632 g/mol. The normalized spacial score (nSPS) is 24.8. The molecule has 4 aromatic rings. The number of phenolic OH excluding ortho intramolecular Hbond substituents is 1. The minimum absolute atomic E-state index is 0.143. The number of ether oxygens (including phenoxy) is 1. The Morgan fingerprint density at radius 1 is 0.920 bits per heavy atom. The third kappa shape index (κ3) is 5.85. The maximum Gasteiger partial charge on any atom is 0.252 e. The van der Waals surface area contributed by atoms with Crippen molar-refractivity contribution >= 4 is 23.3 Å². The molecule has 1 aliphatic carbocycles. The van der Waals surface area contributed by atoms with Crippen LogP contribution in [0, 0.1) is 0 Å². The number of amides is 2. The van der Waals surface area contributed by atoms with E-state index in [1.165, 1.54) is 5.56 Å². The van der Waals surface area contributed by atoms with Crippen LogP contribution in [0.15, 0.2) is 61.1 Å². The fourth-order valence-electron chi connectivity index (χ4n) is 8.56. The second-order valence-electron chi connectivity index (χ2n) is 14.4. The van der Waals surface area contributed by atoms with Crippen molar-refractivity contribution in [2.45, 2.75) is 81.8 Å². The Hall–Kier alpha value is -4.97. The molecule has 3 aliphatic heterocycles. The van der Waals surface area contributed by atoms with E-state index in [0.29, 0.717) is 66.6 Å². The number of aromatic nitrogens is 4. The first kappa shape index (κ1) is 32.2. The summed E-state index contributed by atoms with van der Waals surface area (Å²) in [6.07, 6.45) is 11.4. The summed E-state index contributed by atoms with van der Waals surface area (Å²) in [5.41, 5.74) is 10.3. The van der Waals surface area contributed by atoms with E-state index < -0.39 is 5.54 Å². The Bertz CT molecular complexity index is 1910. The zero-order chi connectivity index (χ0) is 34.4. The van der Waals surface area contributed by atoms with E-state index in [9.17, 15) is 14.7 Å². The number of nitrogens with one attached hydrogen (secondary N) is 1. The lowest BCUT2D eigenvalue weighted by molar-refractivity contribution is -0.137. The Balaban J connectivity index is 0.892. The van der Waals surface area contributed by atoms with Crippen LogP contribution in [-0.2, 0) is 9.59 Å². The van der Waals surface area contributed by atoms with E-state index in [4.69, 9.17) is 15.5 Å². The minimum Gasteiger partial charge on any atom is -0.507 e. The number of imide groups is 1. The number of anilines is 2. The predicted molar refractivity (Wildman–Crippen MR) is 190 cm³/mol. The fraction of sp³-hybridized carbons (Fsp3) is 0.447. The van der Waals surface area contributed by atoms with Gasteiger partial charge in [0.1, 0.15) is 23.6 Å². The van der Waals surface area contributed by atoms with Gasteiger partial charge < -0.3 is 29.9 Å². The molecule has 50 heavy (non-hydrogen) atoms. The molecule has 0 unspecified atom stereocenters. The molecule has 12 nitrogen and oxygen atoms in total. The number of benzene rings is 2. The number of nitrogen functional groups attached to an aromatic ring is 1. The second kappa shape index (κ2) is 13.1. The van der Waals surface area contributed by atoms with Crippen LogP contribution in [0.3, 0.4) is 0 Å². The van der Waals surface area contributed by atoms with Crippen molar-refractivity contribution in [2.24, 2.45) is 0 Å². The van der Waals surface area contributed by atoms with Crippen molar-refractivity contribution in [2.75, 3.05) is 36.9 Å². The van der Waals surface area contributed by atoms with Gasteiger partial charge in [-0.15, -0.1) is 10.2 Å². The van der Waals surface area contributed by atoms with Gasteiger partial charge in [-0.25, -0.2) is 4.98 Å². The molecule has 0 spiro atoms. The molecular formula is C38H44N8O4. The molecule has 1 saturated carbocycles. The number of imidazole rings is 1. The Morgan fingerprint density at radius 2 is 1.72 bits per heavy atom. The van der Waals surface area contributed by atoms with E-state index in [-0.39, 0.29) is 17.6 Å². The average Bonchev–Trinajstić information content (AvgIpc) is 3.64. The minimum atomic E-state index is -0.770. The van der Waals surface area contributed by atoms with Crippen LogP contribution in [0.4, 0.5) is 11.5 Å². The lowest BCUT2D eigenvalue weighted by atomic mass is 9.79. The van der Waals surface area contributed by atoms with Gasteiger partial charge in [0.15, 0.2) is 5.82 Å². The summed E-state index contributed by atoms with van der Waals surface area (Å²) in [6.45, 7) is 5.18. The number of rotatable bonds is 6. The number of hydrogen-bond acceptors (Lipinski definition) is 10. The molecule has 2 aromatic carbocycles. The maximum atomic E-state index is 13.0. The lowest BCUT2D eigenvalue weighted by Gasteiger charge is -2.46. The SMILES string of the molecule is C[C@]1(N2CCOc3c(C4CCC(N5CCC(n6cnc(-c7cc(-c8ccccc8O)nnc7N)c6)CC5)CC4)cccc32)CCC(=O)NC1=O. The topological polar surface area (TPSA) is 152 Å². The lowest BCUT2D eigenvalue weighted by Crippen LogP contribution is -2.63. The van der Waals surface area contributed by atoms with Gasteiger partial charge in [-0.2, -0.15) is 0 Å². The molecule has 5 heterocycles. The van der Waals surface area contributed by atoms with Crippen molar-refractivity contribution in [3.8, 4) is 34.0 Å². The van der Waals surface area contributed by atoms with Gasteiger partial charge in [0.05, 0.1) is 29.9 Å². The third-order valence-electron chi connectivity index (χ3n) is 11.5. The summed E-state index contributed by atoms with van der Waals surface area (Å²) in [6, 6.07) is 16.2. The van der Waals surface area contributed by atoms with Gasteiger partial charge in [0.25, 0.3) is 5.91 Å². The van der Waals surface area contributed by atoms with E-state index in [2.05, 4.69) is 54.3 Å². The average molecular weight is 677 g/mol. The first-order chi connectivity index (χ1) is 24.3. The molecule has 4 N–H and O–H groups in total. The first-order valence-electron chi connectivity index (χ1n) is 17.9. The van der Waals surface area contributed by atoms with Crippen LogP contribution >= 0.6 is 0 Å². The fourth-order valence-corrected chi connectivity index (χ4v) is 8.56. The maximum absolute atomic E-state index is 13.0. The molecule has 2 amide bonds. The summed E-state index contributed by atoms with van der Waals surface area (Å²) < 4.78 is 8.52. The van der Waals surface area contributed by atoms with Crippen molar-refractivity contribution in [3.05, 3.63) is 66.6 Å². The Kier molecular flexibility index (Phi) is 8.42. The Morgan fingerprint density at radius 3 is 2.50 bits per heavy atom. The smallest absolute Gasteiger partial charge is 0.252 e. The number of piperidine rings is 2. The van der Waals surface area contributed by atoms with Crippen molar-refractivity contribution in [1.29, 1.82) is 0 Å². The summed E-state index contributed by atoms with van der Waals surface area (Å²) in [7, 11) is 0. The molecule has 2 aromatic heterocycles. The number of para-hydroxylation sites is 2. The standard InChI is InChI=1S/C38H44N8O4/c1-38(16-13-34(48)41-37(38)49)46-19-20-50-35-27(6-4-7-32(35)46)24-9-11-25(12-10-24)44-17-14-26(15-18-44)45-22-31(40-23-45)29-21-30(42-43-36(29)39)28-5-2-3-8-33(28)47/h2-8,21-26,47H,9-20H2,1H3,(H2,39,43)(H,41,48,49)/t24?,25?,38-/m0/s1. The highest BCUT2D eigenvalue weighted by molar-refractivity contribution is 6.04. The molecule has 12 heteroatoms. The quantitative estimate of drug-likeness (QED) is 0.237. The molecule has 1 atom stereocenters. The predicted octanol–water partition coefficient (Wildman–Crippen LogP) is 5.05. The number of carbonyl (C=O) groups excluding carboxylic acids is 2. The molecule has 3 fully saturated rings. The van der Waals surface area contributed by atoms with Gasteiger partial charge in [-0.05, 0) is 87.6 Å². The van der Waals surface area contributed by atoms with Crippen LogP contribution in [0.2, 0.25) is 0 Å². The second-order valence-corrected chi connectivity index (χ2v) is 14.4. The molecule has 2 saturated heterocycles. The molecule has 0 radical (unpaired) electrons. The number of phenols is 1. The van der Waals surface area contributed by atoms with Crippen molar-refractivity contribution in [3.63, 3.8) is 0 Å². The zero-order valence-corrected chi connectivity index (χ0v) is 28.4. The third-order valence-corrected chi connectivity index (χ3v) is 11.5. The van der Waals surface area contributed by atoms with Crippen molar-refractivity contribution < 1.29 is 19.4 Å². The summed E-state index contributed by atoms with van der Waals surface area (Å²) >= 11 is 0. The largest absolute Gasteiger partial charge is 0.507 e. The highest BCUT2D eigenvalue weighted by atomic mass is 16.5. The number of likely N-dealkylation sites (tertiary alicyclic amines) is 1. The molecule has 4 aliphatic rings. The van der Waals surface area contributed by atoms with E-state index in [0.717, 1.165) is 68.7 Å². The summed E-state index contributed by atoms with van der Waals surface area (Å²) in [5, 5.41) is 21.2. The first-order valence-corrected chi connectivity index (χ1v) is 17.9. The van der Waals surface area contributed by atoms with Gasteiger partial charge >= 0.3 is 0 Å². The highest BCUT2D eigenvalue weighted by Crippen LogP contribution is 2.47. The van der Waals surface area contributed by atoms with E-state index in [1.54, 1.807) is 18.2 Å². The van der Waals surface area contributed by atoms with E-state index in [1.807, 2.05) is 25.4 Å². The van der Waals surface area contributed by atoms with Crippen LogP contribution < -0.4 is 20.7 Å². The monoisotopic (exact) mass is 676 g/mol. The van der Waals surface area contributed by atoms with E-state index >= 15 is 0 Å². The van der Waals surface area contributed by atoms with Crippen LogP contribution in [-0.4, -0.2) is 79.4 Å². The number of carbonyl (C=O) groups is 2. The molecule has 0 bridgehead atoms. The summed E-state index contributed by atoms with van der Waals surface area (Å²) in [5.74, 6) is 1.36. The highest BCUT2D eigenvalue weighted by Gasteiger charge is 2.46.